The van der Waals surface area contributed by atoms with E-state index >= 15 is 0 Å². The van der Waals surface area contributed by atoms with Crippen LogP contribution in [-0.4, -0.2) is 12.1 Å². The summed E-state index contributed by atoms with van der Waals surface area (Å²) in [5, 5.41) is 0. The maximum atomic E-state index is 11.7. The first kappa shape index (κ1) is 23.3. The predicted molar refractivity (Wildman–Crippen MR) is 131 cm³/mol. The average Bonchev–Trinajstić information content (AvgIpc) is 3.15. The fourth-order valence-electron chi connectivity index (χ4n) is 11.0. The van der Waals surface area contributed by atoms with Crippen LogP contribution in [0, 0.1) is 51.2 Å². The van der Waals surface area contributed by atoms with Gasteiger partial charge in [-0.2, -0.15) is 0 Å². The Morgan fingerprint density at radius 3 is 2.38 bits per heavy atom. The van der Waals surface area contributed by atoms with Gasteiger partial charge >= 0.3 is 5.97 Å². The van der Waals surface area contributed by atoms with Crippen LogP contribution in [0.4, 0.5) is 0 Å². The van der Waals surface area contributed by atoms with Crippen LogP contribution in [0.2, 0.25) is 0 Å². The van der Waals surface area contributed by atoms with Crippen LogP contribution in [0.15, 0.2) is 11.6 Å². The van der Waals surface area contributed by atoms with Crippen molar-refractivity contribution in [3.05, 3.63) is 11.6 Å². The van der Waals surface area contributed by atoms with Gasteiger partial charge in [-0.05, 0) is 115 Å². The zero-order valence-corrected chi connectivity index (χ0v) is 21.8. The number of halogens is 1. The highest BCUT2D eigenvalue weighted by atomic mass is 35.5. The van der Waals surface area contributed by atoms with Crippen LogP contribution in [0.3, 0.4) is 0 Å². The topological polar surface area (TPSA) is 26.3 Å². The Morgan fingerprint density at radius 2 is 1.66 bits per heavy atom. The van der Waals surface area contributed by atoms with Crippen LogP contribution in [-0.2, 0) is 9.53 Å². The van der Waals surface area contributed by atoms with Gasteiger partial charge in [0, 0.05) is 12.5 Å². The Labute approximate surface area is 201 Å². The van der Waals surface area contributed by atoms with E-state index in [1.807, 2.05) is 5.54 Å². The molecule has 0 saturated heterocycles. The first-order valence-corrected chi connectivity index (χ1v) is 14.0. The second-order valence-corrected chi connectivity index (χ2v) is 13.5. The minimum atomic E-state index is -0.104. The maximum absolute atomic E-state index is 11.7. The van der Waals surface area contributed by atoms with Gasteiger partial charge in [0.2, 0.25) is 0 Å². The summed E-state index contributed by atoms with van der Waals surface area (Å²) in [7, 11) is 0. The Hall–Kier alpha value is -0.500. The predicted octanol–water partition coefficient (Wildman–Crippen LogP) is 8.14. The molecule has 5 aliphatic carbocycles. The van der Waals surface area contributed by atoms with Gasteiger partial charge in [0.05, 0.1) is 0 Å². The molecule has 10 atom stereocenters. The van der Waals surface area contributed by atoms with Gasteiger partial charge in [-0.25, -0.2) is 0 Å². The Balaban J connectivity index is 1.46. The first-order valence-electron chi connectivity index (χ1n) is 13.6. The van der Waals surface area contributed by atoms with Crippen molar-refractivity contribution in [3.63, 3.8) is 0 Å². The van der Waals surface area contributed by atoms with E-state index in [1.54, 1.807) is 6.92 Å². The molecule has 5 rings (SSSR count). The molecule has 0 aromatic heterocycles. The van der Waals surface area contributed by atoms with E-state index in [9.17, 15) is 4.79 Å². The smallest absolute Gasteiger partial charge is 0.302 e. The van der Waals surface area contributed by atoms with Crippen LogP contribution in [0.5, 0.6) is 0 Å². The standard InChI is InChI=1S/C29H45ClO2/c1-19-21-10-14-28(5)25(26(21,3)13-11-24(19)32-20(2)31)9-8-22-23-7-6-12-29(23,17-18-30)16-15-27(22,28)4/h17-19,21-25H,6-16H2,1-5H3/b18-17+/t19?,21?,22?,23?,24?,25?,26?,27-,28?,29-/m1/s1. The molecule has 0 spiro atoms. The summed E-state index contributed by atoms with van der Waals surface area (Å²) in [6.45, 7) is 12.0. The Bertz CT molecular complexity index is 792. The lowest BCUT2D eigenvalue weighted by atomic mass is 9.33. The number of allylic oxidation sites excluding steroid dienone is 1. The number of fused-ring (bicyclic) bond motifs is 7. The van der Waals surface area contributed by atoms with Gasteiger partial charge in [-0.15, -0.1) is 0 Å². The summed E-state index contributed by atoms with van der Waals surface area (Å²) in [6, 6.07) is 0. The molecule has 2 nitrogen and oxygen atoms in total. The quantitative estimate of drug-likeness (QED) is 0.388. The van der Waals surface area contributed by atoms with E-state index < -0.39 is 0 Å². The van der Waals surface area contributed by atoms with Crippen molar-refractivity contribution in [3.8, 4) is 0 Å². The van der Waals surface area contributed by atoms with Crippen molar-refractivity contribution in [2.75, 3.05) is 0 Å². The lowest BCUT2D eigenvalue weighted by molar-refractivity contribution is -0.231. The van der Waals surface area contributed by atoms with Crippen LogP contribution >= 0.6 is 11.6 Å². The Morgan fingerprint density at radius 1 is 0.875 bits per heavy atom. The molecule has 0 aliphatic heterocycles. The summed E-state index contributed by atoms with van der Waals surface area (Å²) in [5.74, 6) is 3.55. The molecule has 0 radical (unpaired) electrons. The molecular formula is C29H45ClO2. The molecule has 0 bridgehead atoms. The highest BCUT2D eigenvalue weighted by Crippen LogP contribution is 2.76. The van der Waals surface area contributed by atoms with Crippen LogP contribution in [0.1, 0.15) is 105 Å². The van der Waals surface area contributed by atoms with Gasteiger partial charge in [-0.3, -0.25) is 4.79 Å². The number of hydrogen-bond donors (Lipinski definition) is 0. The van der Waals surface area contributed by atoms with Crippen LogP contribution < -0.4 is 0 Å². The van der Waals surface area contributed by atoms with Crippen molar-refractivity contribution in [2.24, 2.45) is 51.2 Å². The molecule has 32 heavy (non-hydrogen) atoms. The molecule has 180 valence electrons. The third-order valence-electron chi connectivity index (χ3n) is 12.7. The zero-order chi connectivity index (χ0) is 22.9. The van der Waals surface area contributed by atoms with E-state index in [2.05, 4.69) is 33.8 Å². The molecule has 0 amide bonds. The number of ether oxygens (including phenoxy) is 1. The first-order chi connectivity index (χ1) is 15.1. The van der Waals surface area contributed by atoms with Crippen molar-refractivity contribution >= 4 is 17.6 Å². The lowest BCUT2D eigenvalue weighted by Crippen LogP contribution is -2.65. The molecule has 5 fully saturated rings. The van der Waals surface area contributed by atoms with Crippen molar-refractivity contribution in [1.82, 2.24) is 0 Å². The molecule has 0 aromatic carbocycles. The second kappa shape index (κ2) is 7.76. The number of esters is 1. The number of carbonyl (C=O) groups is 1. The Kier molecular flexibility index (Phi) is 5.64. The van der Waals surface area contributed by atoms with Crippen LogP contribution in [0.25, 0.3) is 0 Å². The molecule has 5 aliphatic rings. The minimum Gasteiger partial charge on any atom is -0.462 e. The monoisotopic (exact) mass is 460 g/mol. The average molecular weight is 461 g/mol. The zero-order valence-electron chi connectivity index (χ0n) is 21.1. The minimum absolute atomic E-state index is 0.104. The highest BCUT2D eigenvalue weighted by molar-refractivity contribution is 6.25. The van der Waals surface area contributed by atoms with Gasteiger partial charge in [0.1, 0.15) is 6.10 Å². The maximum Gasteiger partial charge on any atom is 0.302 e. The number of hydrogen-bond acceptors (Lipinski definition) is 2. The number of carbonyl (C=O) groups excluding carboxylic acids is 1. The van der Waals surface area contributed by atoms with E-state index in [4.69, 9.17) is 16.3 Å². The van der Waals surface area contributed by atoms with E-state index in [1.165, 1.54) is 64.2 Å². The summed E-state index contributed by atoms with van der Waals surface area (Å²) < 4.78 is 5.79. The molecular weight excluding hydrogens is 416 g/mol. The third-order valence-corrected chi connectivity index (χ3v) is 12.8. The van der Waals surface area contributed by atoms with Gasteiger partial charge in [-0.1, -0.05) is 51.8 Å². The highest BCUT2D eigenvalue weighted by Gasteiger charge is 2.68. The van der Waals surface area contributed by atoms with E-state index in [0.29, 0.717) is 33.5 Å². The van der Waals surface area contributed by atoms with Crippen molar-refractivity contribution in [2.45, 2.75) is 111 Å². The van der Waals surface area contributed by atoms with Gasteiger partial charge in [0.25, 0.3) is 0 Å². The second-order valence-electron chi connectivity index (χ2n) is 13.3. The third kappa shape index (κ3) is 2.99. The number of rotatable bonds is 2. The molecule has 5 saturated carbocycles. The summed E-state index contributed by atoms with van der Waals surface area (Å²) >= 11 is 6.18. The molecule has 0 N–H and O–H groups in total. The molecule has 0 heterocycles. The fourth-order valence-corrected chi connectivity index (χ4v) is 11.3. The normalized spacial score (nSPS) is 54.9. The SMILES string of the molecule is CC(=O)OC1CCC2(C)C(CCC3(C)C2CCC2C4CCC[C@]4(/C=C/Cl)CC[C@]23C)C1C. The van der Waals surface area contributed by atoms with Gasteiger partial charge in [0.15, 0.2) is 0 Å². The molecule has 0 aromatic rings. The summed E-state index contributed by atoms with van der Waals surface area (Å²) in [5.41, 5.74) is 3.47. The van der Waals surface area contributed by atoms with Gasteiger partial charge < -0.3 is 4.74 Å². The summed E-state index contributed by atoms with van der Waals surface area (Å²) in [4.78, 5) is 11.7. The largest absolute Gasteiger partial charge is 0.462 e. The van der Waals surface area contributed by atoms with E-state index in [0.717, 1.165) is 24.2 Å². The molecule has 3 heteroatoms. The van der Waals surface area contributed by atoms with E-state index in [-0.39, 0.29) is 12.1 Å². The van der Waals surface area contributed by atoms with Crippen molar-refractivity contribution in [1.29, 1.82) is 0 Å². The van der Waals surface area contributed by atoms with Crippen molar-refractivity contribution < 1.29 is 9.53 Å². The summed E-state index contributed by atoms with van der Waals surface area (Å²) in [6.07, 6.45) is 17.1. The lowest BCUT2D eigenvalue weighted by Gasteiger charge is -2.71. The fraction of sp³-hybridized carbons (Fsp3) is 0.897. The molecule has 8 unspecified atom stereocenters.